The standard InChI is InChI=1S/C12H22N2O3/c1-5-6-9(10(15)16)14-8-7-13(4)11(17)12(14,2)3/h9H,5-8H2,1-4H3,(H,15,16). The highest BCUT2D eigenvalue weighted by atomic mass is 16.4. The number of amides is 1. The molecule has 1 rings (SSSR count). The van der Waals surface area contributed by atoms with Crippen LogP contribution in [0.25, 0.3) is 0 Å². The molecule has 1 saturated heterocycles. The monoisotopic (exact) mass is 242 g/mol. The van der Waals surface area contributed by atoms with E-state index in [0.717, 1.165) is 6.42 Å². The number of carboxylic acid groups (broad SMARTS) is 1. The van der Waals surface area contributed by atoms with Crippen LogP contribution in [0.2, 0.25) is 0 Å². The summed E-state index contributed by atoms with van der Waals surface area (Å²) in [6.45, 7) is 6.77. The second-order valence-electron chi connectivity index (χ2n) is 5.12. The van der Waals surface area contributed by atoms with E-state index < -0.39 is 17.6 Å². The molecule has 0 aromatic heterocycles. The van der Waals surface area contributed by atoms with E-state index in [2.05, 4.69) is 0 Å². The molecule has 0 bridgehead atoms. The molecule has 1 aliphatic heterocycles. The highest BCUT2D eigenvalue weighted by Crippen LogP contribution is 2.26. The Morgan fingerprint density at radius 2 is 2.06 bits per heavy atom. The molecule has 5 nitrogen and oxygen atoms in total. The number of carboxylic acids is 1. The summed E-state index contributed by atoms with van der Waals surface area (Å²) in [5.74, 6) is -0.844. The molecule has 1 N–H and O–H groups in total. The van der Waals surface area contributed by atoms with Crippen molar-refractivity contribution in [3.8, 4) is 0 Å². The molecule has 1 heterocycles. The molecule has 1 aliphatic rings. The van der Waals surface area contributed by atoms with Crippen molar-refractivity contribution in [1.29, 1.82) is 0 Å². The molecule has 1 atom stereocenters. The van der Waals surface area contributed by atoms with Crippen LogP contribution < -0.4 is 0 Å². The Kier molecular flexibility index (Phi) is 4.14. The summed E-state index contributed by atoms with van der Waals surface area (Å²) in [7, 11) is 1.76. The Bertz CT molecular complexity index is 315. The number of hydrogen-bond donors (Lipinski definition) is 1. The first kappa shape index (κ1) is 14.0. The average molecular weight is 242 g/mol. The van der Waals surface area contributed by atoms with Crippen LogP contribution in [-0.4, -0.2) is 58.5 Å². The number of carbonyl (C=O) groups excluding carboxylic acids is 1. The van der Waals surface area contributed by atoms with E-state index in [1.54, 1.807) is 25.8 Å². The maximum atomic E-state index is 12.1. The number of hydrogen-bond acceptors (Lipinski definition) is 3. The minimum absolute atomic E-state index is 0.00824. The number of rotatable bonds is 4. The van der Waals surface area contributed by atoms with Crippen LogP contribution in [0.15, 0.2) is 0 Å². The average Bonchev–Trinajstić information content (AvgIpc) is 2.24. The molecule has 1 unspecified atom stereocenters. The number of carbonyl (C=O) groups is 2. The molecule has 0 aromatic carbocycles. The molecule has 1 fully saturated rings. The topological polar surface area (TPSA) is 60.9 Å². The van der Waals surface area contributed by atoms with Crippen LogP contribution >= 0.6 is 0 Å². The van der Waals surface area contributed by atoms with Crippen molar-refractivity contribution in [3.63, 3.8) is 0 Å². The molecule has 0 radical (unpaired) electrons. The molecule has 1 amide bonds. The largest absolute Gasteiger partial charge is 0.480 e. The zero-order valence-corrected chi connectivity index (χ0v) is 11.1. The van der Waals surface area contributed by atoms with Gasteiger partial charge in [0.15, 0.2) is 0 Å². The van der Waals surface area contributed by atoms with Gasteiger partial charge in [-0.1, -0.05) is 13.3 Å². The van der Waals surface area contributed by atoms with E-state index >= 15 is 0 Å². The Morgan fingerprint density at radius 3 is 2.53 bits per heavy atom. The molecule has 5 heteroatoms. The van der Waals surface area contributed by atoms with Crippen LogP contribution in [0.3, 0.4) is 0 Å². The van der Waals surface area contributed by atoms with Gasteiger partial charge in [0.05, 0.1) is 5.54 Å². The molecule has 0 saturated carbocycles. The number of aliphatic carboxylic acids is 1. The van der Waals surface area contributed by atoms with Crippen molar-refractivity contribution in [2.24, 2.45) is 0 Å². The fourth-order valence-corrected chi connectivity index (χ4v) is 2.46. The van der Waals surface area contributed by atoms with Gasteiger partial charge in [-0.25, -0.2) is 0 Å². The van der Waals surface area contributed by atoms with Crippen molar-refractivity contribution >= 4 is 11.9 Å². The van der Waals surface area contributed by atoms with Gasteiger partial charge in [0.25, 0.3) is 0 Å². The van der Waals surface area contributed by atoms with Gasteiger partial charge in [-0.2, -0.15) is 0 Å². The van der Waals surface area contributed by atoms with Gasteiger partial charge >= 0.3 is 5.97 Å². The maximum absolute atomic E-state index is 12.1. The zero-order chi connectivity index (χ0) is 13.2. The Labute approximate surface area is 102 Å². The summed E-state index contributed by atoms with van der Waals surface area (Å²) in [6.07, 6.45) is 1.38. The Hall–Kier alpha value is -1.10. The fraction of sp³-hybridized carbons (Fsp3) is 0.833. The fourth-order valence-electron chi connectivity index (χ4n) is 2.46. The van der Waals surface area contributed by atoms with E-state index in [1.807, 2.05) is 11.8 Å². The van der Waals surface area contributed by atoms with E-state index in [9.17, 15) is 14.7 Å². The normalized spacial score (nSPS) is 22.6. The van der Waals surface area contributed by atoms with E-state index in [0.29, 0.717) is 19.5 Å². The van der Waals surface area contributed by atoms with Gasteiger partial charge in [0, 0.05) is 20.1 Å². The molecule has 0 spiro atoms. The Morgan fingerprint density at radius 1 is 1.47 bits per heavy atom. The van der Waals surface area contributed by atoms with Crippen molar-refractivity contribution in [2.45, 2.75) is 45.2 Å². The third-order valence-corrected chi connectivity index (χ3v) is 3.49. The van der Waals surface area contributed by atoms with Crippen molar-refractivity contribution in [2.75, 3.05) is 20.1 Å². The SMILES string of the molecule is CCCC(C(=O)O)N1CCN(C)C(=O)C1(C)C. The van der Waals surface area contributed by atoms with Crippen LogP contribution in [0.4, 0.5) is 0 Å². The van der Waals surface area contributed by atoms with E-state index in [-0.39, 0.29) is 5.91 Å². The highest BCUT2D eigenvalue weighted by molar-refractivity contribution is 5.87. The van der Waals surface area contributed by atoms with Gasteiger partial charge < -0.3 is 10.0 Å². The summed E-state index contributed by atoms with van der Waals surface area (Å²) in [5, 5.41) is 9.27. The van der Waals surface area contributed by atoms with Gasteiger partial charge in [-0.3, -0.25) is 14.5 Å². The second-order valence-corrected chi connectivity index (χ2v) is 5.12. The van der Waals surface area contributed by atoms with Gasteiger partial charge in [-0.05, 0) is 20.3 Å². The predicted molar refractivity (Wildman–Crippen MR) is 64.8 cm³/mol. The lowest BCUT2D eigenvalue weighted by Crippen LogP contribution is -2.65. The summed E-state index contributed by atoms with van der Waals surface area (Å²) < 4.78 is 0. The summed E-state index contributed by atoms with van der Waals surface area (Å²) in [6, 6.07) is -0.562. The van der Waals surface area contributed by atoms with Crippen LogP contribution in [0.1, 0.15) is 33.6 Å². The minimum atomic E-state index is -0.836. The summed E-state index contributed by atoms with van der Waals surface area (Å²) in [4.78, 5) is 26.9. The number of likely N-dealkylation sites (N-methyl/N-ethyl adjacent to an activating group) is 1. The van der Waals surface area contributed by atoms with E-state index in [4.69, 9.17) is 0 Å². The molecule has 17 heavy (non-hydrogen) atoms. The lowest BCUT2D eigenvalue weighted by Gasteiger charge is -2.47. The van der Waals surface area contributed by atoms with Crippen molar-refractivity contribution in [3.05, 3.63) is 0 Å². The van der Waals surface area contributed by atoms with Crippen LogP contribution in [-0.2, 0) is 9.59 Å². The molecule has 98 valence electrons. The number of nitrogens with zero attached hydrogens (tertiary/aromatic N) is 2. The summed E-state index contributed by atoms with van der Waals surface area (Å²) in [5.41, 5.74) is -0.731. The van der Waals surface area contributed by atoms with E-state index in [1.165, 1.54) is 0 Å². The van der Waals surface area contributed by atoms with Crippen LogP contribution in [0, 0.1) is 0 Å². The van der Waals surface area contributed by atoms with Gasteiger partial charge in [-0.15, -0.1) is 0 Å². The second kappa shape index (κ2) is 5.04. The quantitative estimate of drug-likeness (QED) is 0.792. The highest BCUT2D eigenvalue weighted by Gasteiger charge is 2.45. The smallest absolute Gasteiger partial charge is 0.320 e. The van der Waals surface area contributed by atoms with Gasteiger partial charge in [0.1, 0.15) is 6.04 Å². The van der Waals surface area contributed by atoms with Crippen LogP contribution in [0.5, 0.6) is 0 Å². The third-order valence-electron chi connectivity index (χ3n) is 3.49. The zero-order valence-electron chi connectivity index (χ0n) is 11.1. The third kappa shape index (κ3) is 2.60. The lowest BCUT2D eigenvalue weighted by atomic mass is 9.94. The Balaban J connectivity index is 2.95. The molecule has 0 aliphatic carbocycles. The van der Waals surface area contributed by atoms with Crippen molar-refractivity contribution < 1.29 is 14.7 Å². The summed E-state index contributed by atoms with van der Waals surface area (Å²) >= 11 is 0. The molecule has 0 aromatic rings. The molecular weight excluding hydrogens is 220 g/mol. The van der Waals surface area contributed by atoms with Gasteiger partial charge in [0.2, 0.25) is 5.91 Å². The molecular formula is C12H22N2O3. The predicted octanol–water partition coefficient (Wildman–Crippen LogP) is 0.792. The number of piperazine rings is 1. The first-order chi connectivity index (χ1) is 7.82. The van der Waals surface area contributed by atoms with Crippen molar-refractivity contribution in [1.82, 2.24) is 9.80 Å². The lowest BCUT2D eigenvalue weighted by molar-refractivity contribution is -0.158. The minimum Gasteiger partial charge on any atom is -0.480 e. The first-order valence-electron chi connectivity index (χ1n) is 6.07. The first-order valence-corrected chi connectivity index (χ1v) is 6.07. The maximum Gasteiger partial charge on any atom is 0.320 e.